The Kier molecular flexibility index (Phi) is 4.94. The summed E-state index contributed by atoms with van der Waals surface area (Å²) < 4.78 is 13.9. The van der Waals surface area contributed by atoms with E-state index in [0.717, 1.165) is 19.5 Å². The third-order valence-electron chi connectivity index (χ3n) is 5.87. The zero-order valence-electron chi connectivity index (χ0n) is 15.0. The molecule has 0 radical (unpaired) electrons. The van der Waals surface area contributed by atoms with Crippen LogP contribution < -0.4 is 5.32 Å². The first-order valence-electron chi connectivity index (χ1n) is 9.63. The largest absolute Gasteiger partial charge is 0.350 e. The quantitative estimate of drug-likeness (QED) is 0.842. The lowest BCUT2D eigenvalue weighted by Crippen LogP contribution is -2.46. The number of carbonyl (C=O) groups is 2. The van der Waals surface area contributed by atoms with Crippen LogP contribution >= 0.6 is 0 Å². The van der Waals surface area contributed by atoms with E-state index in [2.05, 4.69) is 10.2 Å². The molecule has 1 saturated carbocycles. The SMILES string of the molecule is O=C(CN1CCCC1=O)N[C@H]1CN(Cc2ccccc2F)C[C@@H]1C1CC1. The second-order valence-corrected chi connectivity index (χ2v) is 7.88. The van der Waals surface area contributed by atoms with Gasteiger partial charge in [-0.1, -0.05) is 18.2 Å². The first kappa shape index (κ1) is 17.5. The van der Waals surface area contributed by atoms with Gasteiger partial charge >= 0.3 is 0 Å². The molecule has 5 nitrogen and oxygen atoms in total. The third-order valence-corrected chi connectivity index (χ3v) is 5.87. The lowest BCUT2D eigenvalue weighted by Gasteiger charge is -2.22. The zero-order chi connectivity index (χ0) is 18.1. The van der Waals surface area contributed by atoms with Gasteiger partial charge in [0.2, 0.25) is 11.8 Å². The summed E-state index contributed by atoms with van der Waals surface area (Å²) in [6, 6.07) is 6.99. The predicted molar refractivity (Wildman–Crippen MR) is 95.6 cm³/mol. The van der Waals surface area contributed by atoms with Gasteiger partial charge in [-0.15, -0.1) is 0 Å². The molecule has 2 atom stereocenters. The average Bonchev–Trinajstić information content (AvgIpc) is 3.27. The number of halogens is 1. The number of amides is 2. The Labute approximate surface area is 153 Å². The minimum absolute atomic E-state index is 0.0661. The molecule has 3 aliphatic rings. The van der Waals surface area contributed by atoms with E-state index < -0.39 is 0 Å². The van der Waals surface area contributed by atoms with Gasteiger partial charge in [0.15, 0.2) is 0 Å². The van der Waals surface area contributed by atoms with Crippen molar-refractivity contribution in [2.45, 2.75) is 38.3 Å². The summed E-state index contributed by atoms with van der Waals surface area (Å²) in [5.74, 6) is 0.935. The molecule has 1 aromatic rings. The minimum atomic E-state index is -0.171. The number of nitrogens with zero attached hydrogens (tertiary/aromatic N) is 2. The van der Waals surface area contributed by atoms with E-state index in [1.165, 1.54) is 18.9 Å². The summed E-state index contributed by atoms with van der Waals surface area (Å²) in [6.45, 7) is 3.07. The maximum Gasteiger partial charge on any atom is 0.239 e. The molecule has 2 heterocycles. The van der Waals surface area contributed by atoms with Crippen molar-refractivity contribution in [3.63, 3.8) is 0 Å². The number of hydrogen-bond donors (Lipinski definition) is 1. The van der Waals surface area contributed by atoms with Crippen molar-refractivity contribution in [1.29, 1.82) is 0 Å². The normalized spacial score (nSPS) is 26.5. The molecule has 0 spiro atoms. The first-order valence-corrected chi connectivity index (χ1v) is 9.63. The van der Waals surface area contributed by atoms with Crippen molar-refractivity contribution >= 4 is 11.8 Å². The minimum Gasteiger partial charge on any atom is -0.350 e. The van der Waals surface area contributed by atoms with Crippen molar-refractivity contribution in [3.8, 4) is 0 Å². The number of carbonyl (C=O) groups excluding carboxylic acids is 2. The van der Waals surface area contributed by atoms with Crippen LogP contribution in [-0.4, -0.2) is 53.8 Å². The van der Waals surface area contributed by atoms with Crippen LogP contribution in [0.25, 0.3) is 0 Å². The highest BCUT2D eigenvalue weighted by atomic mass is 19.1. The molecule has 0 bridgehead atoms. The summed E-state index contributed by atoms with van der Waals surface area (Å²) in [7, 11) is 0. The van der Waals surface area contributed by atoms with Crippen LogP contribution in [0.15, 0.2) is 24.3 Å². The zero-order valence-corrected chi connectivity index (χ0v) is 15.0. The fraction of sp³-hybridized carbons (Fsp3) is 0.600. The lowest BCUT2D eigenvalue weighted by molar-refractivity contribution is -0.133. The highest BCUT2D eigenvalue weighted by molar-refractivity contribution is 5.86. The highest BCUT2D eigenvalue weighted by Gasteiger charge is 2.43. The Morgan fingerprint density at radius 2 is 2.04 bits per heavy atom. The van der Waals surface area contributed by atoms with Gasteiger partial charge in [-0.2, -0.15) is 0 Å². The summed E-state index contributed by atoms with van der Waals surface area (Å²) in [5, 5.41) is 3.16. The first-order chi connectivity index (χ1) is 12.6. The Bertz CT molecular complexity index is 691. The van der Waals surface area contributed by atoms with Crippen molar-refractivity contribution in [1.82, 2.24) is 15.1 Å². The maximum absolute atomic E-state index is 13.9. The molecular formula is C20H26FN3O2. The molecule has 6 heteroatoms. The van der Waals surface area contributed by atoms with E-state index in [1.807, 2.05) is 12.1 Å². The Morgan fingerprint density at radius 3 is 2.73 bits per heavy atom. The van der Waals surface area contributed by atoms with Crippen LogP contribution in [0.3, 0.4) is 0 Å². The monoisotopic (exact) mass is 359 g/mol. The van der Waals surface area contributed by atoms with Crippen molar-refractivity contribution < 1.29 is 14.0 Å². The van der Waals surface area contributed by atoms with Crippen LogP contribution in [0.4, 0.5) is 4.39 Å². The molecule has 2 aliphatic heterocycles. The van der Waals surface area contributed by atoms with E-state index in [9.17, 15) is 14.0 Å². The number of benzene rings is 1. The molecule has 140 valence electrons. The van der Waals surface area contributed by atoms with Gasteiger partial charge < -0.3 is 10.2 Å². The predicted octanol–water partition coefficient (Wildman–Crippen LogP) is 1.77. The topological polar surface area (TPSA) is 52.7 Å². The smallest absolute Gasteiger partial charge is 0.239 e. The van der Waals surface area contributed by atoms with Gasteiger partial charge in [-0.3, -0.25) is 14.5 Å². The Balaban J connectivity index is 1.36. The summed E-state index contributed by atoms with van der Waals surface area (Å²) in [6.07, 6.45) is 3.83. The van der Waals surface area contributed by atoms with Gasteiger partial charge in [0.05, 0.1) is 6.54 Å². The molecule has 26 heavy (non-hydrogen) atoms. The molecule has 4 rings (SSSR count). The maximum atomic E-state index is 13.9. The van der Waals surface area contributed by atoms with E-state index in [4.69, 9.17) is 0 Å². The lowest BCUT2D eigenvalue weighted by atomic mass is 9.98. The van der Waals surface area contributed by atoms with E-state index in [0.29, 0.717) is 36.9 Å². The van der Waals surface area contributed by atoms with Gasteiger partial charge in [0.1, 0.15) is 5.82 Å². The second kappa shape index (κ2) is 7.35. The van der Waals surface area contributed by atoms with E-state index in [1.54, 1.807) is 11.0 Å². The Morgan fingerprint density at radius 1 is 1.23 bits per heavy atom. The standard InChI is InChI=1S/C20H26FN3O2/c21-17-5-2-1-4-15(17)10-23-11-16(14-7-8-14)18(12-23)22-19(25)13-24-9-3-6-20(24)26/h1-2,4-5,14,16,18H,3,6-13H2,(H,22,25)/t16-,18+/m1/s1. The third kappa shape index (κ3) is 3.90. The second-order valence-electron chi connectivity index (χ2n) is 7.88. The van der Waals surface area contributed by atoms with Crippen LogP contribution in [0, 0.1) is 17.7 Å². The van der Waals surface area contributed by atoms with Crippen molar-refractivity contribution in [3.05, 3.63) is 35.6 Å². The van der Waals surface area contributed by atoms with E-state index in [-0.39, 0.29) is 30.2 Å². The summed E-state index contributed by atoms with van der Waals surface area (Å²) in [4.78, 5) is 28.0. The molecule has 1 aromatic carbocycles. The Hall–Kier alpha value is -1.95. The number of nitrogens with one attached hydrogen (secondary N) is 1. The molecule has 1 aliphatic carbocycles. The summed E-state index contributed by atoms with van der Waals surface area (Å²) in [5.41, 5.74) is 0.705. The van der Waals surface area contributed by atoms with Crippen LogP contribution in [0.2, 0.25) is 0 Å². The molecule has 3 fully saturated rings. The molecule has 1 N–H and O–H groups in total. The number of hydrogen-bond acceptors (Lipinski definition) is 3. The van der Waals surface area contributed by atoms with Crippen molar-refractivity contribution in [2.75, 3.05) is 26.2 Å². The van der Waals surface area contributed by atoms with Gasteiger partial charge in [0.25, 0.3) is 0 Å². The molecule has 0 aromatic heterocycles. The van der Waals surface area contributed by atoms with Crippen LogP contribution in [0.5, 0.6) is 0 Å². The number of rotatable bonds is 6. The molecule has 2 amide bonds. The number of likely N-dealkylation sites (tertiary alicyclic amines) is 2. The van der Waals surface area contributed by atoms with Gasteiger partial charge in [0, 0.05) is 44.2 Å². The van der Waals surface area contributed by atoms with Crippen LogP contribution in [-0.2, 0) is 16.1 Å². The van der Waals surface area contributed by atoms with E-state index >= 15 is 0 Å². The average molecular weight is 359 g/mol. The molecular weight excluding hydrogens is 333 g/mol. The van der Waals surface area contributed by atoms with Gasteiger partial charge in [-0.05, 0) is 37.2 Å². The molecule has 2 saturated heterocycles. The van der Waals surface area contributed by atoms with Crippen LogP contribution in [0.1, 0.15) is 31.2 Å². The fourth-order valence-corrected chi connectivity index (χ4v) is 4.36. The van der Waals surface area contributed by atoms with Gasteiger partial charge in [-0.25, -0.2) is 4.39 Å². The highest BCUT2D eigenvalue weighted by Crippen LogP contribution is 2.41. The fourth-order valence-electron chi connectivity index (χ4n) is 4.36. The molecule has 0 unspecified atom stereocenters. The van der Waals surface area contributed by atoms with Crippen molar-refractivity contribution in [2.24, 2.45) is 11.8 Å². The summed E-state index contributed by atoms with van der Waals surface area (Å²) >= 11 is 0.